The van der Waals surface area contributed by atoms with Crippen LogP contribution in [0.3, 0.4) is 0 Å². The van der Waals surface area contributed by atoms with Gasteiger partial charge in [0, 0.05) is 41.9 Å². The summed E-state index contributed by atoms with van der Waals surface area (Å²) >= 11 is 0. The van der Waals surface area contributed by atoms with Gasteiger partial charge in [-0.25, -0.2) is 0 Å². The molecule has 290 valence electrons. The molecular weight excluding hydrogens is 676 g/mol. The highest BCUT2D eigenvalue weighted by Crippen LogP contribution is 2.67. The van der Waals surface area contributed by atoms with Gasteiger partial charge in [-0.3, -0.25) is 24.0 Å². The van der Waals surface area contributed by atoms with Crippen molar-refractivity contribution in [2.75, 3.05) is 26.4 Å². The van der Waals surface area contributed by atoms with Crippen molar-refractivity contribution < 1.29 is 47.7 Å². The molecule has 10 nitrogen and oxygen atoms in total. The average Bonchev–Trinajstić information content (AvgIpc) is 3.11. The molecule has 0 amide bonds. The Kier molecular flexibility index (Phi) is 7.69. The zero-order valence-corrected chi connectivity index (χ0v) is 31.9. The van der Waals surface area contributed by atoms with E-state index in [2.05, 4.69) is 20.8 Å². The third kappa shape index (κ3) is 5.39. The maximum Gasteiger partial charge on any atom is 0.312 e. The molecular formula is C43H58O10. The second-order valence-electron chi connectivity index (χ2n) is 21.6. The van der Waals surface area contributed by atoms with Crippen molar-refractivity contribution in [2.24, 2.45) is 74.9 Å². The molecule has 10 heteroatoms. The number of ketones is 2. The molecule has 6 unspecified atom stereocenters. The van der Waals surface area contributed by atoms with Gasteiger partial charge in [0.15, 0.2) is 5.79 Å². The minimum absolute atomic E-state index is 0.0367. The first-order valence-electron chi connectivity index (χ1n) is 21.1. The number of hydrogen-bond acceptors (Lipinski definition) is 10. The zero-order valence-electron chi connectivity index (χ0n) is 31.9. The SMILES string of the molecule is CC(C)(C)COC(=O)C12CC3CC(C1)C1(OCCC(COC(=O)C45CC6CC(C4)C(=O)C(C6)C5)(COC(=O)C45CC6CC(C4)C(=O)C(C6)C5)O1)C(C3)C2. The van der Waals surface area contributed by atoms with Crippen LogP contribution in [0.15, 0.2) is 0 Å². The van der Waals surface area contributed by atoms with Gasteiger partial charge in [0.1, 0.15) is 30.4 Å². The lowest BCUT2D eigenvalue weighted by Gasteiger charge is -2.65. The maximum atomic E-state index is 14.2. The van der Waals surface area contributed by atoms with Gasteiger partial charge in [-0.05, 0) is 119 Å². The van der Waals surface area contributed by atoms with Gasteiger partial charge < -0.3 is 23.7 Å². The molecule has 53 heavy (non-hydrogen) atoms. The van der Waals surface area contributed by atoms with Crippen molar-refractivity contribution in [2.45, 2.75) is 135 Å². The van der Waals surface area contributed by atoms with Crippen LogP contribution >= 0.6 is 0 Å². The molecule has 1 saturated heterocycles. The van der Waals surface area contributed by atoms with Crippen molar-refractivity contribution in [3.05, 3.63) is 0 Å². The van der Waals surface area contributed by atoms with Crippen LogP contribution in [-0.4, -0.2) is 67.3 Å². The van der Waals surface area contributed by atoms with Crippen molar-refractivity contribution >= 4 is 29.5 Å². The molecule has 0 N–H and O–H groups in total. The first-order valence-corrected chi connectivity index (χ1v) is 21.1. The van der Waals surface area contributed by atoms with Gasteiger partial charge in [-0.15, -0.1) is 0 Å². The van der Waals surface area contributed by atoms with Crippen LogP contribution in [0.25, 0.3) is 0 Å². The molecule has 1 aliphatic heterocycles. The van der Waals surface area contributed by atoms with Crippen LogP contribution in [0.2, 0.25) is 0 Å². The minimum atomic E-state index is -1.12. The van der Waals surface area contributed by atoms with E-state index in [0.717, 1.165) is 57.8 Å². The molecule has 0 aromatic carbocycles. The number of ether oxygens (including phenoxy) is 5. The van der Waals surface area contributed by atoms with Gasteiger partial charge in [-0.2, -0.15) is 0 Å². The number of carbonyl (C=O) groups excluding carboxylic acids is 5. The molecule has 13 aliphatic rings. The van der Waals surface area contributed by atoms with Crippen LogP contribution in [0.5, 0.6) is 0 Å². The fraction of sp³-hybridized carbons (Fsp3) is 0.884. The fourth-order valence-corrected chi connectivity index (χ4v) is 14.8. The van der Waals surface area contributed by atoms with Gasteiger partial charge in [0.2, 0.25) is 0 Å². The maximum absolute atomic E-state index is 14.2. The van der Waals surface area contributed by atoms with Gasteiger partial charge in [0.05, 0.1) is 29.5 Å². The minimum Gasteiger partial charge on any atom is -0.465 e. The van der Waals surface area contributed by atoms with Gasteiger partial charge >= 0.3 is 17.9 Å². The third-order valence-electron chi connectivity index (χ3n) is 16.4. The number of hydrogen-bond donors (Lipinski definition) is 0. The Morgan fingerprint density at radius 1 is 0.604 bits per heavy atom. The summed E-state index contributed by atoms with van der Waals surface area (Å²) in [6.45, 7) is 6.85. The van der Waals surface area contributed by atoms with E-state index < -0.39 is 27.6 Å². The molecule has 0 aromatic rings. The summed E-state index contributed by atoms with van der Waals surface area (Å²) in [5.41, 5.74) is -3.07. The lowest BCUT2D eigenvalue weighted by Crippen LogP contribution is -2.70. The Morgan fingerprint density at radius 2 is 1.02 bits per heavy atom. The van der Waals surface area contributed by atoms with E-state index in [4.69, 9.17) is 23.7 Å². The van der Waals surface area contributed by atoms with Gasteiger partial charge in [0.25, 0.3) is 0 Å². The fourth-order valence-electron chi connectivity index (χ4n) is 14.8. The quantitative estimate of drug-likeness (QED) is 0.211. The van der Waals surface area contributed by atoms with E-state index in [1.807, 2.05) is 0 Å². The normalized spacial score (nSPS) is 49.8. The Balaban J connectivity index is 0.911. The summed E-state index contributed by atoms with van der Waals surface area (Å²) in [4.78, 5) is 68.2. The standard InChI is InChI=1S/C43H58O10/c1-38(2,3)21-49-37(48)41-14-26-10-31(19-41)43(32(11-26)20-41)52-5-4-42(53-43,22-50-35(46)39-12-24-6-27(15-39)33(44)28(7-24)16-39)23-51-36(47)40-13-25-8-29(17-40)34(45)30(9-25)18-40/h24-32H,4-23H2,1-3H3. The molecule has 13 rings (SSSR count). The lowest BCUT2D eigenvalue weighted by molar-refractivity contribution is -0.411. The molecule has 0 radical (unpaired) electrons. The van der Waals surface area contributed by atoms with E-state index in [0.29, 0.717) is 87.5 Å². The van der Waals surface area contributed by atoms with E-state index in [1.54, 1.807) is 0 Å². The Bertz CT molecular complexity index is 1500. The molecule has 12 aliphatic carbocycles. The Hall–Kier alpha value is -2.33. The third-order valence-corrected chi connectivity index (χ3v) is 16.4. The number of esters is 3. The predicted molar refractivity (Wildman–Crippen MR) is 187 cm³/mol. The van der Waals surface area contributed by atoms with E-state index in [9.17, 15) is 24.0 Å². The Morgan fingerprint density at radius 3 is 1.47 bits per heavy atom. The molecule has 12 bridgehead atoms. The van der Waals surface area contributed by atoms with Crippen molar-refractivity contribution in [3.63, 3.8) is 0 Å². The van der Waals surface area contributed by atoms with Crippen LogP contribution in [0.4, 0.5) is 0 Å². The summed E-state index contributed by atoms with van der Waals surface area (Å²) in [6.07, 6.45) is 11.6. The highest BCUT2D eigenvalue weighted by Gasteiger charge is 2.70. The average molecular weight is 735 g/mol. The second kappa shape index (κ2) is 11.6. The summed E-state index contributed by atoms with van der Waals surface area (Å²) in [5, 5.41) is 0. The topological polar surface area (TPSA) is 132 Å². The second-order valence-corrected chi connectivity index (χ2v) is 21.6. The predicted octanol–water partition coefficient (Wildman–Crippen LogP) is 6.15. The molecule has 6 atom stereocenters. The summed E-state index contributed by atoms with van der Waals surface area (Å²) in [7, 11) is 0. The molecule has 0 aromatic heterocycles. The van der Waals surface area contributed by atoms with Crippen LogP contribution in [0.1, 0.15) is 124 Å². The molecule has 13 fully saturated rings. The van der Waals surface area contributed by atoms with Crippen molar-refractivity contribution in [3.8, 4) is 0 Å². The van der Waals surface area contributed by atoms with Gasteiger partial charge in [-0.1, -0.05) is 20.8 Å². The van der Waals surface area contributed by atoms with E-state index in [1.165, 1.54) is 0 Å². The first-order chi connectivity index (χ1) is 25.1. The molecule has 1 spiro atoms. The first kappa shape index (κ1) is 35.1. The van der Waals surface area contributed by atoms with E-state index >= 15 is 0 Å². The van der Waals surface area contributed by atoms with E-state index in [-0.39, 0.29) is 72.0 Å². The largest absolute Gasteiger partial charge is 0.465 e. The number of carbonyl (C=O) groups is 5. The highest BCUT2D eigenvalue weighted by molar-refractivity contribution is 5.90. The molecule has 1 heterocycles. The number of Topliss-reactive ketones (excluding diaryl/α,β-unsaturated/α-hetero) is 2. The summed E-state index contributed by atoms with van der Waals surface area (Å²) < 4.78 is 32.8. The smallest absolute Gasteiger partial charge is 0.312 e. The lowest BCUT2D eigenvalue weighted by atomic mass is 9.47. The monoisotopic (exact) mass is 734 g/mol. The van der Waals surface area contributed by atoms with Crippen LogP contribution in [-0.2, 0) is 47.7 Å². The Labute approximate surface area is 312 Å². The molecule has 12 saturated carbocycles. The number of rotatable bonds is 8. The van der Waals surface area contributed by atoms with Crippen LogP contribution < -0.4 is 0 Å². The summed E-state index contributed by atoms with van der Waals surface area (Å²) in [6, 6.07) is 0. The zero-order chi connectivity index (χ0) is 36.8. The van der Waals surface area contributed by atoms with Crippen LogP contribution in [0, 0.1) is 74.9 Å². The van der Waals surface area contributed by atoms with Crippen molar-refractivity contribution in [1.29, 1.82) is 0 Å². The highest BCUT2D eigenvalue weighted by atomic mass is 16.7. The van der Waals surface area contributed by atoms with Crippen molar-refractivity contribution in [1.82, 2.24) is 0 Å². The summed E-state index contributed by atoms with van der Waals surface area (Å²) in [5.74, 6) is -0.00773.